The van der Waals surface area contributed by atoms with Crippen LogP contribution in [0.15, 0.2) is 0 Å². The van der Waals surface area contributed by atoms with E-state index in [4.69, 9.17) is 4.74 Å². The molecule has 1 fully saturated rings. The smallest absolute Gasteiger partial charge is 0.350 e. The molecule has 0 aromatic carbocycles. The number of aryl methyl sites for hydroxylation is 1. The highest BCUT2D eigenvalue weighted by Crippen LogP contribution is 2.29. The number of esters is 1. The monoisotopic (exact) mass is 240 g/mol. The minimum Gasteiger partial charge on any atom is -0.462 e. The Bertz CT molecular complexity index is 383. The number of thiazole rings is 1. The fourth-order valence-electron chi connectivity index (χ4n) is 1.84. The van der Waals surface area contributed by atoms with E-state index < -0.39 is 0 Å². The SMILES string of the molecule is CCOC(=O)c1sc([C@@H]2CCNC2)nc1C. The predicted molar refractivity (Wildman–Crippen MR) is 63.0 cm³/mol. The largest absolute Gasteiger partial charge is 0.462 e. The van der Waals surface area contributed by atoms with Crippen molar-refractivity contribution in [1.29, 1.82) is 0 Å². The van der Waals surface area contributed by atoms with Crippen molar-refractivity contribution >= 4 is 17.3 Å². The van der Waals surface area contributed by atoms with Crippen LogP contribution >= 0.6 is 11.3 Å². The van der Waals surface area contributed by atoms with Crippen LogP contribution in [-0.2, 0) is 4.74 Å². The highest BCUT2D eigenvalue weighted by Gasteiger charge is 2.23. The van der Waals surface area contributed by atoms with Gasteiger partial charge in [0.25, 0.3) is 0 Å². The molecule has 1 aromatic rings. The molecule has 16 heavy (non-hydrogen) atoms. The van der Waals surface area contributed by atoms with Gasteiger partial charge in [-0.15, -0.1) is 11.3 Å². The molecule has 0 saturated carbocycles. The summed E-state index contributed by atoms with van der Waals surface area (Å²) in [5.41, 5.74) is 0.797. The summed E-state index contributed by atoms with van der Waals surface area (Å²) in [7, 11) is 0. The lowest BCUT2D eigenvalue weighted by atomic mass is 10.1. The lowest BCUT2D eigenvalue weighted by Crippen LogP contribution is -2.07. The number of rotatable bonds is 3. The van der Waals surface area contributed by atoms with Gasteiger partial charge in [-0.2, -0.15) is 0 Å². The molecule has 0 unspecified atom stereocenters. The molecule has 2 rings (SSSR count). The molecule has 1 aliphatic rings. The van der Waals surface area contributed by atoms with Crippen molar-refractivity contribution in [3.63, 3.8) is 0 Å². The van der Waals surface area contributed by atoms with Crippen LogP contribution < -0.4 is 5.32 Å². The first-order valence-electron chi connectivity index (χ1n) is 5.57. The Morgan fingerprint density at radius 2 is 2.50 bits per heavy atom. The third-order valence-corrected chi connectivity index (χ3v) is 3.98. The van der Waals surface area contributed by atoms with Crippen LogP contribution in [0.25, 0.3) is 0 Å². The van der Waals surface area contributed by atoms with Crippen molar-refractivity contribution in [1.82, 2.24) is 10.3 Å². The van der Waals surface area contributed by atoms with Crippen molar-refractivity contribution in [2.45, 2.75) is 26.2 Å². The Labute approximate surface area is 99.0 Å². The number of hydrogen-bond acceptors (Lipinski definition) is 5. The molecule has 1 aromatic heterocycles. The van der Waals surface area contributed by atoms with E-state index in [1.54, 1.807) is 0 Å². The number of hydrogen-bond donors (Lipinski definition) is 1. The molecule has 2 heterocycles. The molecule has 1 N–H and O–H groups in total. The molecular weight excluding hydrogens is 224 g/mol. The Morgan fingerprint density at radius 3 is 3.12 bits per heavy atom. The molecule has 0 radical (unpaired) electrons. The maximum atomic E-state index is 11.6. The van der Waals surface area contributed by atoms with Crippen LogP contribution in [0.3, 0.4) is 0 Å². The second kappa shape index (κ2) is 4.93. The quantitative estimate of drug-likeness (QED) is 0.817. The topological polar surface area (TPSA) is 51.2 Å². The van der Waals surface area contributed by atoms with Gasteiger partial charge in [-0.3, -0.25) is 0 Å². The number of carbonyl (C=O) groups is 1. The number of ether oxygens (including phenoxy) is 1. The fourth-order valence-corrected chi connectivity index (χ4v) is 2.94. The summed E-state index contributed by atoms with van der Waals surface area (Å²) >= 11 is 1.48. The van der Waals surface area contributed by atoms with Crippen LogP contribution in [0, 0.1) is 6.92 Å². The van der Waals surface area contributed by atoms with Crippen LogP contribution in [0.4, 0.5) is 0 Å². The first-order valence-corrected chi connectivity index (χ1v) is 6.39. The highest BCUT2D eigenvalue weighted by atomic mass is 32.1. The second-order valence-electron chi connectivity index (χ2n) is 3.88. The van der Waals surface area contributed by atoms with Gasteiger partial charge in [0.15, 0.2) is 0 Å². The fraction of sp³-hybridized carbons (Fsp3) is 0.636. The zero-order valence-electron chi connectivity index (χ0n) is 9.58. The van der Waals surface area contributed by atoms with E-state index in [1.807, 2.05) is 13.8 Å². The van der Waals surface area contributed by atoms with Crippen LogP contribution in [0.1, 0.15) is 39.6 Å². The second-order valence-corrected chi connectivity index (χ2v) is 4.91. The molecule has 1 atom stereocenters. The minimum atomic E-state index is -0.241. The summed E-state index contributed by atoms with van der Waals surface area (Å²) in [5, 5.41) is 4.37. The summed E-state index contributed by atoms with van der Waals surface area (Å²) < 4.78 is 5.00. The first-order chi connectivity index (χ1) is 7.72. The molecule has 0 amide bonds. The predicted octanol–water partition coefficient (Wildman–Crippen LogP) is 1.71. The maximum Gasteiger partial charge on any atom is 0.350 e. The van der Waals surface area contributed by atoms with Crippen molar-refractivity contribution in [3.8, 4) is 0 Å². The lowest BCUT2D eigenvalue weighted by molar-refractivity contribution is 0.0531. The number of carbonyl (C=O) groups excluding carboxylic acids is 1. The summed E-state index contributed by atoms with van der Waals surface area (Å²) in [5.74, 6) is 0.224. The minimum absolute atomic E-state index is 0.241. The maximum absolute atomic E-state index is 11.6. The van der Waals surface area contributed by atoms with Gasteiger partial charge in [-0.05, 0) is 26.8 Å². The van der Waals surface area contributed by atoms with Crippen LogP contribution in [0.5, 0.6) is 0 Å². The van der Waals surface area contributed by atoms with Gasteiger partial charge in [-0.25, -0.2) is 9.78 Å². The zero-order valence-corrected chi connectivity index (χ0v) is 10.4. The molecule has 0 spiro atoms. The Kier molecular flexibility index (Phi) is 3.56. The van der Waals surface area contributed by atoms with Crippen molar-refractivity contribution in [3.05, 3.63) is 15.6 Å². The van der Waals surface area contributed by atoms with E-state index >= 15 is 0 Å². The zero-order chi connectivity index (χ0) is 11.5. The highest BCUT2D eigenvalue weighted by molar-refractivity contribution is 7.13. The average molecular weight is 240 g/mol. The van der Waals surface area contributed by atoms with Gasteiger partial charge in [0.2, 0.25) is 0 Å². The van der Waals surface area contributed by atoms with Gasteiger partial charge >= 0.3 is 5.97 Å². The molecular formula is C11H16N2O2S. The van der Waals surface area contributed by atoms with Gasteiger partial charge < -0.3 is 10.1 Å². The van der Waals surface area contributed by atoms with Crippen LogP contribution in [0.2, 0.25) is 0 Å². The van der Waals surface area contributed by atoms with E-state index in [0.717, 1.165) is 30.2 Å². The Morgan fingerprint density at radius 1 is 1.69 bits per heavy atom. The third kappa shape index (κ3) is 2.25. The third-order valence-electron chi connectivity index (χ3n) is 2.68. The molecule has 88 valence electrons. The molecule has 1 aliphatic heterocycles. The number of aromatic nitrogens is 1. The Hall–Kier alpha value is -0.940. The Balaban J connectivity index is 2.17. The van der Waals surface area contributed by atoms with Crippen molar-refractivity contribution in [2.75, 3.05) is 19.7 Å². The van der Waals surface area contributed by atoms with E-state index in [1.165, 1.54) is 11.3 Å². The van der Waals surface area contributed by atoms with Crippen molar-refractivity contribution < 1.29 is 9.53 Å². The van der Waals surface area contributed by atoms with Crippen LogP contribution in [-0.4, -0.2) is 30.6 Å². The molecule has 0 aliphatic carbocycles. The van der Waals surface area contributed by atoms with Crippen molar-refractivity contribution in [2.24, 2.45) is 0 Å². The number of nitrogens with one attached hydrogen (secondary N) is 1. The summed E-state index contributed by atoms with van der Waals surface area (Å²) in [6.07, 6.45) is 1.11. The van der Waals surface area contributed by atoms with E-state index in [9.17, 15) is 4.79 Å². The standard InChI is InChI=1S/C11H16N2O2S/c1-3-15-11(14)9-7(2)13-10(16-9)8-4-5-12-6-8/h8,12H,3-6H2,1-2H3/t8-/m1/s1. The molecule has 0 bridgehead atoms. The average Bonchev–Trinajstić information content (AvgIpc) is 2.86. The van der Waals surface area contributed by atoms with Gasteiger partial charge in [-0.1, -0.05) is 0 Å². The van der Waals surface area contributed by atoms with Gasteiger partial charge in [0.1, 0.15) is 4.88 Å². The summed E-state index contributed by atoms with van der Waals surface area (Å²) in [4.78, 5) is 16.8. The summed E-state index contributed by atoms with van der Waals surface area (Å²) in [6.45, 7) is 6.11. The normalized spacial score (nSPS) is 20.0. The summed E-state index contributed by atoms with van der Waals surface area (Å²) in [6, 6.07) is 0. The van der Waals surface area contributed by atoms with Gasteiger partial charge in [0, 0.05) is 12.5 Å². The molecule has 1 saturated heterocycles. The molecule has 4 nitrogen and oxygen atoms in total. The van der Waals surface area contributed by atoms with E-state index in [-0.39, 0.29) is 5.97 Å². The molecule has 5 heteroatoms. The lowest BCUT2D eigenvalue weighted by Gasteiger charge is -2.01. The first kappa shape index (κ1) is 11.5. The van der Waals surface area contributed by atoms with E-state index in [2.05, 4.69) is 10.3 Å². The number of nitrogens with zero attached hydrogens (tertiary/aromatic N) is 1. The van der Waals surface area contributed by atoms with Gasteiger partial charge in [0.05, 0.1) is 17.3 Å². The van der Waals surface area contributed by atoms with E-state index in [0.29, 0.717) is 17.4 Å².